The van der Waals surface area contributed by atoms with Crippen molar-refractivity contribution in [3.05, 3.63) is 85.0 Å². The van der Waals surface area contributed by atoms with E-state index < -0.39 is 11.6 Å². The Labute approximate surface area is 186 Å². The zero-order valence-corrected chi connectivity index (χ0v) is 18.0. The minimum atomic E-state index is -1.02. The predicted octanol–water partition coefficient (Wildman–Crippen LogP) is 6.22. The number of hydrogen-bond acceptors (Lipinski definition) is 4. The molecule has 1 atom stereocenters. The Bertz CT molecular complexity index is 1060. The third-order valence-electron chi connectivity index (χ3n) is 4.86. The average Bonchev–Trinajstić information content (AvgIpc) is 2.80. The number of aliphatic hydroxyl groups excluding tert-OH is 1. The highest BCUT2D eigenvalue weighted by Gasteiger charge is 2.15. The summed E-state index contributed by atoms with van der Waals surface area (Å²) in [7, 11) is 0. The van der Waals surface area contributed by atoms with Crippen LogP contribution in [0, 0.1) is 11.6 Å². The van der Waals surface area contributed by atoms with Crippen LogP contribution in [0.15, 0.2) is 67.5 Å². The summed E-state index contributed by atoms with van der Waals surface area (Å²) in [6.45, 7) is 5.38. The van der Waals surface area contributed by atoms with E-state index in [1.165, 1.54) is 18.2 Å². The van der Waals surface area contributed by atoms with Gasteiger partial charge in [0, 0.05) is 23.5 Å². The lowest BCUT2D eigenvalue weighted by molar-refractivity contribution is 0.182. The molecular weight excluding hydrogens is 410 g/mol. The predicted molar refractivity (Wildman–Crippen MR) is 123 cm³/mol. The van der Waals surface area contributed by atoms with Crippen molar-refractivity contribution in [3.63, 3.8) is 0 Å². The summed E-state index contributed by atoms with van der Waals surface area (Å²) in [6, 6.07) is 10.0. The Balaban J connectivity index is 1.69. The van der Waals surface area contributed by atoms with Crippen molar-refractivity contribution in [2.45, 2.75) is 32.3 Å². The standard InChI is InChI=1S/C26H26F2N2O2/c1-3-15-32-23-14-13-22(25(27)26(23)28)20-11-9-19(10-12-20)21-16-29-24(30-17-21)8-6-4-5-7-18(2)31/h3,6,8-14,16-18,31H,1,4-5,7,15H2,2H3. The molecular formula is C26H26F2N2O2. The molecule has 1 heterocycles. The Hall–Kier alpha value is -3.38. The van der Waals surface area contributed by atoms with Crippen LogP contribution in [0.1, 0.15) is 32.0 Å². The summed E-state index contributed by atoms with van der Waals surface area (Å²) in [6.07, 6.45) is 11.0. The van der Waals surface area contributed by atoms with Crippen LogP contribution in [0.3, 0.4) is 0 Å². The zero-order chi connectivity index (χ0) is 22.9. The van der Waals surface area contributed by atoms with Crippen molar-refractivity contribution in [3.8, 4) is 28.0 Å². The highest BCUT2D eigenvalue weighted by atomic mass is 19.2. The molecule has 0 aliphatic rings. The molecule has 0 radical (unpaired) electrons. The molecule has 6 heteroatoms. The summed E-state index contributed by atoms with van der Waals surface area (Å²) in [5, 5.41) is 9.26. The van der Waals surface area contributed by atoms with Crippen LogP contribution in [0.25, 0.3) is 28.3 Å². The second-order valence-electron chi connectivity index (χ2n) is 7.43. The third kappa shape index (κ3) is 6.08. The number of nitrogens with zero attached hydrogens (tertiary/aromatic N) is 2. The largest absolute Gasteiger partial charge is 0.486 e. The molecule has 0 aliphatic carbocycles. The van der Waals surface area contributed by atoms with Gasteiger partial charge in [0.05, 0.1) is 6.10 Å². The first-order chi connectivity index (χ1) is 15.5. The maximum Gasteiger partial charge on any atom is 0.201 e. The topological polar surface area (TPSA) is 55.2 Å². The molecule has 0 saturated heterocycles. The first-order valence-electron chi connectivity index (χ1n) is 10.5. The summed E-state index contributed by atoms with van der Waals surface area (Å²) in [5.74, 6) is -1.50. The molecule has 0 bridgehead atoms. The first kappa shape index (κ1) is 23.3. The lowest BCUT2D eigenvalue weighted by Crippen LogP contribution is -1.99. The number of ether oxygens (including phenoxy) is 1. The molecule has 1 aromatic heterocycles. The average molecular weight is 437 g/mol. The zero-order valence-electron chi connectivity index (χ0n) is 18.0. The molecule has 0 aliphatic heterocycles. The van der Waals surface area contributed by atoms with Gasteiger partial charge in [0.1, 0.15) is 6.61 Å². The Morgan fingerprint density at radius 3 is 2.34 bits per heavy atom. The summed E-state index contributed by atoms with van der Waals surface area (Å²) < 4.78 is 33.9. The van der Waals surface area contributed by atoms with Crippen LogP contribution in [0.5, 0.6) is 5.75 Å². The number of aromatic nitrogens is 2. The number of rotatable bonds is 10. The van der Waals surface area contributed by atoms with Crippen LogP contribution in [-0.2, 0) is 0 Å². The van der Waals surface area contributed by atoms with Gasteiger partial charge in [-0.25, -0.2) is 14.4 Å². The van der Waals surface area contributed by atoms with E-state index in [-0.39, 0.29) is 24.0 Å². The van der Waals surface area contributed by atoms with Gasteiger partial charge >= 0.3 is 0 Å². The minimum Gasteiger partial charge on any atom is -0.486 e. The van der Waals surface area contributed by atoms with Gasteiger partial charge in [-0.1, -0.05) is 43.0 Å². The van der Waals surface area contributed by atoms with Crippen molar-refractivity contribution in [2.24, 2.45) is 0 Å². The second-order valence-corrected chi connectivity index (χ2v) is 7.43. The van der Waals surface area contributed by atoms with Gasteiger partial charge in [-0.2, -0.15) is 4.39 Å². The quantitative estimate of drug-likeness (QED) is 0.303. The highest BCUT2D eigenvalue weighted by molar-refractivity contribution is 5.70. The van der Waals surface area contributed by atoms with Gasteiger partial charge in [-0.3, -0.25) is 0 Å². The van der Waals surface area contributed by atoms with Crippen molar-refractivity contribution in [1.82, 2.24) is 9.97 Å². The van der Waals surface area contributed by atoms with E-state index in [1.807, 2.05) is 24.3 Å². The van der Waals surface area contributed by atoms with Crippen molar-refractivity contribution in [2.75, 3.05) is 6.61 Å². The molecule has 0 fully saturated rings. The number of halogens is 2. The molecule has 32 heavy (non-hydrogen) atoms. The molecule has 1 N–H and O–H groups in total. The monoisotopic (exact) mass is 436 g/mol. The van der Waals surface area contributed by atoms with Gasteiger partial charge in [0.25, 0.3) is 0 Å². The fourth-order valence-electron chi connectivity index (χ4n) is 3.15. The molecule has 4 nitrogen and oxygen atoms in total. The highest BCUT2D eigenvalue weighted by Crippen LogP contribution is 2.31. The van der Waals surface area contributed by atoms with E-state index in [2.05, 4.69) is 16.5 Å². The second kappa shape index (κ2) is 11.3. The van der Waals surface area contributed by atoms with E-state index >= 15 is 0 Å². The van der Waals surface area contributed by atoms with Gasteiger partial charge < -0.3 is 9.84 Å². The number of aliphatic hydroxyl groups is 1. The summed E-state index contributed by atoms with van der Waals surface area (Å²) in [4.78, 5) is 8.70. The van der Waals surface area contributed by atoms with Gasteiger partial charge in [-0.05, 0) is 55.5 Å². The van der Waals surface area contributed by atoms with E-state index in [1.54, 1.807) is 31.5 Å². The van der Waals surface area contributed by atoms with Crippen LogP contribution >= 0.6 is 0 Å². The Morgan fingerprint density at radius 2 is 1.69 bits per heavy atom. The van der Waals surface area contributed by atoms with Crippen molar-refractivity contribution >= 4 is 6.08 Å². The molecule has 0 spiro atoms. The Morgan fingerprint density at radius 1 is 1.00 bits per heavy atom. The van der Waals surface area contributed by atoms with E-state index in [0.29, 0.717) is 11.4 Å². The van der Waals surface area contributed by atoms with Gasteiger partial charge in [0.15, 0.2) is 17.4 Å². The van der Waals surface area contributed by atoms with E-state index in [0.717, 1.165) is 30.4 Å². The molecule has 1 unspecified atom stereocenters. The van der Waals surface area contributed by atoms with Crippen molar-refractivity contribution in [1.29, 1.82) is 0 Å². The van der Waals surface area contributed by atoms with E-state index in [4.69, 9.17) is 4.74 Å². The third-order valence-corrected chi connectivity index (χ3v) is 4.86. The molecule has 166 valence electrons. The molecule has 2 aromatic carbocycles. The fraction of sp³-hybridized carbons (Fsp3) is 0.231. The Kier molecular flexibility index (Phi) is 8.22. The minimum absolute atomic E-state index is 0.101. The lowest BCUT2D eigenvalue weighted by atomic mass is 10.0. The van der Waals surface area contributed by atoms with E-state index in [9.17, 15) is 13.9 Å². The summed E-state index contributed by atoms with van der Waals surface area (Å²) in [5.41, 5.74) is 2.40. The SMILES string of the molecule is C=CCOc1ccc(-c2ccc(-c3cnc(C=CCCCC(C)O)nc3)cc2)c(F)c1F. The maximum atomic E-state index is 14.5. The fourth-order valence-corrected chi connectivity index (χ4v) is 3.15. The van der Waals surface area contributed by atoms with Gasteiger partial charge in [0.2, 0.25) is 5.82 Å². The molecule has 0 amide bonds. The van der Waals surface area contributed by atoms with Crippen molar-refractivity contribution < 1.29 is 18.6 Å². The number of allylic oxidation sites excluding steroid dienone is 1. The number of benzene rings is 2. The maximum absolute atomic E-state index is 14.5. The molecule has 0 saturated carbocycles. The van der Waals surface area contributed by atoms with Gasteiger partial charge in [-0.15, -0.1) is 0 Å². The van der Waals surface area contributed by atoms with Crippen LogP contribution in [0.4, 0.5) is 8.78 Å². The van der Waals surface area contributed by atoms with Crippen LogP contribution in [0.2, 0.25) is 0 Å². The first-order valence-corrected chi connectivity index (χ1v) is 10.5. The molecule has 3 rings (SSSR count). The van der Waals surface area contributed by atoms with Crippen LogP contribution < -0.4 is 4.74 Å². The number of hydrogen-bond donors (Lipinski definition) is 1. The smallest absolute Gasteiger partial charge is 0.201 e. The summed E-state index contributed by atoms with van der Waals surface area (Å²) >= 11 is 0. The lowest BCUT2D eigenvalue weighted by Gasteiger charge is -2.10. The van der Waals surface area contributed by atoms with Crippen LogP contribution in [-0.4, -0.2) is 27.8 Å². The number of unbranched alkanes of at least 4 members (excludes halogenated alkanes) is 1. The molecule has 3 aromatic rings. The normalized spacial score (nSPS) is 12.1.